The van der Waals surface area contributed by atoms with Gasteiger partial charge in [-0.3, -0.25) is 4.79 Å². The number of halogens is 1. The van der Waals surface area contributed by atoms with Crippen molar-refractivity contribution in [2.75, 3.05) is 19.6 Å². The van der Waals surface area contributed by atoms with Gasteiger partial charge < -0.3 is 10.2 Å². The number of hydrogen-bond acceptors (Lipinski definition) is 3. The van der Waals surface area contributed by atoms with E-state index in [0.29, 0.717) is 12.0 Å². The zero-order chi connectivity index (χ0) is 11.8. The number of carbonyl (C=O) groups is 1. The largest absolute Gasteiger partial charge is 0.338 e. The number of thiophene rings is 1. The molecule has 2 aliphatic rings. The molecule has 1 N–H and O–H groups in total. The fourth-order valence-electron chi connectivity index (χ4n) is 2.97. The monoisotopic (exact) mass is 286 g/mol. The average molecular weight is 287 g/mol. The number of fused-ring (bicyclic) bond motifs is 1. The molecule has 100 valence electrons. The van der Waals surface area contributed by atoms with E-state index in [1.807, 2.05) is 23.3 Å². The highest BCUT2D eigenvalue weighted by Crippen LogP contribution is 2.27. The Morgan fingerprint density at radius 1 is 1.50 bits per heavy atom. The van der Waals surface area contributed by atoms with Crippen molar-refractivity contribution in [1.82, 2.24) is 10.2 Å². The molecule has 18 heavy (non-hydrogen) atoms. The van der Waals surface area contributed by atoms with Gasteiger partial charge in [-0.05, 0) is 49.2 Å². The Labute approximate surface area is 118 Å². The number of rotatable bonds is 1. The fraction of sp³-hybridized carbons (Fsp3) is 0.615. The molecule has 2 saturated heterocycles. The van der Waals surface area contributed by atoms with Crippen molar-refractivity contribution in [2.45, 2.75) is 25.8 Å². The summed E-state index contributed by atoms with van der Waals surface area (Å²) in [6.45, 7) is 4.99. The van der Waals surface area contributed by atoms with Crippen molar-refractivity contribution in [2.24, 2.45) is 5.92 Å². The summed E-state index contributed by atoms with van der Waals surface area (Å²) in [7, 11) is 0. The minimum absolute atomic E-state index is 0. The maximum Gasteiger partial charge on any atom is 0.264 e. The highest BCUT2D eigenvalue weighted by Gasteiger charge is 2.34. The predicted octanol–water partition coefficient (Wildman–Crippen LogP) is 2.30. The molecular weight excluding hydrogens is 268 g/mol. The van der Waals surface area contributed by atoms with Crippen molar-refractivity contribution in [3.63, 3.8) is 0 Å². The summed E-state index contributed by atoms with van der Waals surface area (Å²) in [6.07, 6.45) is 2.33. The number of carbonyl (C=O) groups excluding carboxylic acids is 1. The zero-order valence-electron chi connectivity index (χ0n) is 10.5. The van der Waals surface area contributed by atoms with E-state index in [1.54, 1.807) is 11.3 Å². The number of nitrogens with zero attached hydrogens (tertiary/aromatic N) is 1. The second-order valence-electron chi connectivity index (χ2n) is 5.08. The molecule has 0 aromatic carbocycles. The standard InChI is InChI=1S/C13H18N2OS.ClH/c1-9-4-7-17-12(9)13(16)15-6-3-11-10(8-15)2-5-14-11;/h4,7,10-11,14H,2-3,5-6,8H2,1H3;1H. The molecule has 0 spiro atoms. The van der Waals surface area contributed by atoms with Gasteiger partial charge in [0.05, 0.1) is 4.88 Å². The molecular formula is C13H19ClN2OS. The first-order chi connectivity index (χ1) is 8.25. The van der Waals surface area contributed by atoms with Gasteiger partial charge in [-0.1, -0.05) is 0 Å². The van der Waals surface area contributed by atoms with E-state index in [-0.39, 0.29) is 18.3 Å². The maximum absolute atomic E-state index is 12.4. The molecule has 0 saturated carbocycles. The van der Waals surface area contributed by atoms with Crippen LogP contribution >= 0.6 is 23.7 Å². The lowest BCUT2D eigenvalue weighted by molar-refractivity contribution is 0.0666. The molecule has 0 bridgehead atoms. The third-order valence-electron chi connectivity index (χ3n) is 4.00. The van der Waals surface area contributed by atoms with Gasteiger partial charge >= 0.3 is 0 Å². The van der Waals surface area contributed by atoms with Gasteiger partial charge in [-0.2, -0.15) is 0 Å². The van der Waals surface area contributed by atoms with Crippen LogP contribution in [0.1, 0.15) is 28.1 Å². The zero-order valence-corrected chi connectivity index (χ0v) is 12.1. The van der Waals surface area contributed by atoms with Crippen LogP contribution in [0.15, 0.2) is 11.4 Å². The van der Waals surface area contributed by atoms with E-state index >= 15 is 0 Å². The summed E-state index contributed by atoms with van der Waals surface area (Å²) in [4.78, 5) is 15.4. The lowest BCUT2D eigenvalue weighted by atomic mass is 9.93. The van der Waals surface area contributed by atoms with E-state index in [4.69, 9.17) is 0 Å². The molecule has 3 nitrogen and oxygen atoms in total. The van der Waals surface area contributed by atoms with E-state index in [9.17, 15) is 4.79 Å². The fourth-order valence-corrected chi connectivity index (χ4v) is 3.86. The lowest BCUT2D eigenvalue weighted by Crippen LogP contribution is -2.46. The topological polar surface area (TPSA) is 32.3 Å². The van der Waals surface area contributed by atoms with Gasteiger partial charge in [0, 0.05) is 19.1 Å². The van der Waals surface area contributed by atoms with Crippen LogP contribution in [0.4, 0.5) is 0 Å². The average Bonchev–Trinajstić information content (AvgIpc) is 2.95. The van der Waals surface area contributed by atoms with Crippen molar-refractivity contribution < 1.29 is 4.79 Å². The number of nitrogens with one attached hydrogen (secondary N) is 1. The third kappa shape index (κ3) is 2.42. The van der Waals surface area contributed by atoms with Gasteiger partial charge in [-0.15, -0.1) is 23.7 Å². The Bertz CT molecular complexity index is 434. The summed E-state index contributed by atoms with van der Waals surface area (Å²) in [5.74, 6) is 0.913. The van der Waals surface area contributed by atoms with Gasteiger partial charge in [0.15, 0.2) is 0 Å². The first-order valence-electron chi connectivity index (χ1n) is 6.32. The third-order valence-corrected chi connectivity index (χ3v) is 5.00. The van der Waals surface area contributed by atoms with Gasteiger partial charge in [0.2, 0.25) is 0 Å². The summed E-state index contributed by atoms with van der Waals surface area (Å²) in [6, 6.07) is 2.69. The minimum atomic E-state index is 0. The van der Waals surface area contributed by atoms with Crippen molar-refractivity contribution in [3.05, 3.63) is 21.9 Å². The number of aryl methyl sites for hydroxylation is 1. The van der Waals surface area contributed by atoms with Crippen molar-refractivity contribution in [1.29, 1.82) is 0 Å². The molecule has 0 radical (unpaired) electrons. The first kappa shape index (κ1) is 13.8. The molecule has 1 aromatic rings. The Balaban J connectivity index is 0.00000120. The quantitative estimate of drug-likeness (QED) is 0.859. The van der Waals surface area contributed by atoms with E-state index in [0.717, 1.165) is 36.5 Å². The number of likely N-dealkylation sites (tertiary alicyclic amines) is 1. The van der Waals surface area contributed by atoms with E-state index in [2.05, 4.69) is 5.32 Å². The highest BCUT2D eigenvalue weighted by molar-refractivity contribution is 7.12. The second kappa shape index (κ2) is 5.59. The smallest absolute Gasteiger partial charge is 0.264 e. The Kier molecular flexibility index (Phi) is 4.30. The Morgan fingerprint density at radius 3 is 3.06 bits per heavy atom. The van der Waals surface area contributed by atoms with Crippen molar-refractivity contribution >= 4 is 29.7 Å². The summed E-state index contributed by atoms with van der Waals surface area (Å²) in [5, 5.41) is 5.54. The second-order valence-corrected chi connectivity index (χ2v) is 6.00. The summed E-state index contributed by atoms with van der Waals surface area (Å²) >= 11 is 1.57. The van der Waals surface area contributed by atoms with Crippen LogP contribution in [0.5, 0.6) is 0 Å². The first-order valence-corrected chi connectivity index (χ1v) is 7.20. The number of hydrogen-bond donors (Lipinski definition) is 1. The summed E-state index contributed by atoms with van der Waals surface area (Å²) in [5.41, 5.74) is 1.12. The van der Waals surface area contributed by atoms with Crippen LogP contribution in [0.3, 0.4) is 0 Å². The van der Waals surface area contributed by atoms with E-state index in [1.165, 1.54) is 6.42 Å². The molecule has 3 heterocycles. The van der Waals surface area contributed by atoms with Crippen LogP contribution in [-0.4, -0.2) is 36.5 Å². The van der Waals surface area contributed by atoms with Crippen LogP contribution in [0, 0.1) is 12.8 Å². The Hall–Kier alpha value is -0.580. The molecule has 2 fully saturated rings. The predicted molar refractivity (Wildman–Crippen MR) is 76.7 cm³/mol. The number of amides is 1. The van der Waals surface area contributed by atoms with Crippen LogP contribution in [-0.2, 0) is 0 Å². The molecule has 2 unspecified atom stereocenters. The molecule has 0 aliphatic carbocycles. The molecule has 1 aromatic heterocycles. The SMILES string of the molecule is Cc1ccsc1C(=O)N1CCC2NCCC2C1.Cl. The lowest BCUT2D eigenvalue weighted by Gasteiger charge is -2.34. The Morgan fingerprint density at radius 2 is 2.33 bits per heavy atom. The van der Waals surface area contributed by atoms with Crippen LogP contribution in [0.2, 0.25) is 0 Å². The van der Waals surface area contributed by atoms with Crippen LogP contribution in [0.25, 0.3) is 0 Å². The maximum atomic E-state index is 12.4. The molecule has 3 rings (SSSR count). The van der Waals surface area contributed by atoms with E-state index < -0.39 is 0 Å². The number of piperidine rings is 1. The molecule has 2 atom stereocenters. The molecule has 5 heteroatoms. The minimum Gasteiger partial charge on any atom is -0.338 e. The molecule has 2 aliphatic heterocycles. The molecule has 1 amide bonds. The highest BCUT2D eigenvalue weighted by atomic mass is 35.5. The van der Waals surface area contributed by atoms with Gasteiger partial charge in [0.1, 0.15) is 0 Å². The van der Waals surface area contributed by atoms with Crippen molar-refractivity contribution in [3.8, 4) is 0 Å². The summed E-state index contributed by atoms with van der Waals surface area (Å²) < 4.78 is 0. The van der Waals surface area contributed by atoms with Gasteiger partial charge in [0.25, 0.3) is 5.91 Å². The normalized spacial score (nSPS) is 26.6. The van der Waals surface area contributed by atoms with Gasteiger partial charge in [-0.25, -0.2) is 0 Å². The van der Waals surface area contributed by atoms with Crippen LogP contribution < -0.4 is 5.32 Å².